The highest BCUT2D eigenvalue weighted by Crippen LogP contribution is 2.14. The number of hydrogen-bond donors (Lipinski definition) is 2. The van der Waals surface area contributed by atoms with Crippen LogP contribution < -0.4 is 5.73 Å². The molecule has 0 radical (unpaired) electrons. The fraction of sp³-hybridized carbons (Fsp3) is 0.571. The molecule has 3 N–H and O–H groups in total. The molecular weight excluding hydrogens is 270 g/mol. The van der Waals surface area contributed by atoms with Crippen LogP contribution in [0.3, 0.4) is 0 Å². The van der Waals surface area contributed by atoms with Crippen molar-refractivity contribution < 1.29 is 9.22 Å². The minimum absolute atomic E-state index is 0.290. The van der Waals surface area contributed by atoms with Crippen LogP contribution in [0.5, 0.6) is 0 Å². The molecule has 0 fully saturated rings. The maximum absolute atomic E-state index is 8.85. The van der Waals surface area contributed by atoms with Gasteiger partial charge in [0, 0.05) is 12.3 Å². The van der Waals surface area contributed by atoms with E-state index in [1.54, 1.807) is 0 Å². The summed E-state index contributed by atoms with van der Waals surface area (Å²) in [6, 6.07) is 10.5. The fourth-order valence-corrected chi connectivity index (χ4v) is 6.87. The summed E-state index contributed by atoms with van der Waals surface area (Å²) in [5, 5.41) is 8.85. The van der Waals surface area contributed by atoms with Crippen molar-refractivity contribution in [1.29, 1.82) is 0 Å². The first kappa shape index (κ1) is 16.4. The standard InChI is InChI=1S/C14H27NO2Si2/c1-19(2,12-4-10-16)17-18-11-3-5-13-6-8-14(15)9-7-13/h6-9,16H,3-5,10-12,15,18H2,1-2H3. The van der Waals surface area contributed by atoms with Crippen LogP contribution in [0.15, 0.2) is 24.3 Å². The summed E-state index contributed by atoms with van der Waals surface area (Å²) in [5.41, 5.74) is 7.86. The van der Waals surface area contributed by atoms with E-state index >= 15 is 0 Å². The molecule has 3 nitrogen and oxygen atoms in total. The van der Waals surface area contributed by atoms with Crippen LogP contribution in [-0.4, -0.2) is 29.8 Å². The molecule has 0 saturated carbocycles. The van der Waals surface area contributed by atoms with Crippen LogP contribution in [0.4, 0.5) is 5.69 Å². The Morgan fingerprint density at radius 3 is 2.53 bits per heavy atom. The highest BCUT2D eigenvalue weighted by molar-refractivity contribution is 6.75. The van der Waals surface area contributed by atoms with E-state index in [-0.39, 0.29) is 9.76 Å². The summed E-state index contributed by atoms with van der Waals surface area (Å²) in [6.07, 6.45) is 3.22. The topological polar surface area (TPSA) is 55.5 Å². The number of aryl methyl sites for hydroxylation is 1. The van der Waals surface area contributed by atoms with Gasteiger partial charge in [0.25, 0.3) is 0 Å². The molecule has 1 rings (SSSR count). The van der Waals surface area contributed by atoms with Gasteiger partial charge in [-0.05, 0) is 55.7 Å². The van der Waals surface area contributed by atoms with Gasteiger partial charge in [-0.3, -0.25) is 0 Å². The molecule has 0 atom stereocenters. The van der Waals surface area contributed by atoms with Gasteiger partial charge in [0.2, 0.25) is 0 Å². The second-order valence-corrected chi connectivity index (χ2v) is 11.9. The number of hydrogen-bond acceptors (Lipinski definition) is 3. The first-order valence-corrected chi connectivity index (χ1v) is 11.8. The third-order valence-corrected chi connectivity index (χ3v) is 9.56. The van der Waals surface area contributed by atoms with Crippen LogP contribution in [0.25, 0.3) is 0 Å². The minimum atomic E-state index is -1.48. The zero-order chi connectivity index (χ0) is 14.1. The second-order valence-electron chi connectivity index (χ2n) is 5.63. The van der Waals surface area contributed by atoms with E-state index in [0.717, 1.165) is 24.6 Å². The van der Waals surface area contributed by atoms with Crippen molar-refractivity contribution in [3.05, 3.63) is 29.8 Å². The predicted molar refractivity (Wildman–Crippen MR) is 87.6 cm³/mol. The minimum Gasteiger partial charge on any atom is -0.460 e. The molecule has 108 valence electrons. The molecule has 0 aliphatic heterocycles. The lowest BCUT2D eigenvalue weighted by Crippen LogP contribution is -2.32. The maximum atomic E-state index is 8.85. The van der Waals surface area contributed by atoms with E-state index in [1.807, 2.05) is 12.1 Å². The zero-order valence-corrected chi connectivity index (χ0v) is 14.6. The Hall–Kier alpha value is -0.626. The molecule has 5 heteroatoms. The van der Waals surface area contributed by atoms with Gasteiger partial charge in [-0.15, -0.1) is 0 Å². The first-order chi connectivity index (χ1) is 9.03. The van der Waals surface area contributed by atoms with Gasteiger partial charge in [0.05, 0.1) is 0 Å². The molecule has 0 amide bonds. The fourth-order valence-electron chi connectivity index (χ4n) is 2.04. The number of nitrogens with two attached hydrogens (primary N) is 1. The smallest absolute Gasteiger partial charge is 0.173 e. The predicted octanol–water partition coefficient (Wildman–Crippen LogP) is 2.31. The van der Waals surface area contributed by atoms with E-state index in [9.17, 15) is 0 Å². The average Bonchev–Trinajstić information content (AvgIpc) is 2.38. The van der Waals surface area contributed by atoms with Gasteiger partial charge < -0.3 is 15.0 Å². The number of aliphatic hydroxyl groups is 1. The summed E-state index contributed by atoms with van der Waals surface area (Å²) in [4.78, 5) is 0. The van der Waals surface area contributed by atoms with Crippen molar-refractivity contribution >= 4 is 23.8 Å². The molecule has 0 aliphatic carbocycles. The third-order valence-electron chi connectivity index (χ3n) is 3.27. The van der Waals surface area contributed by atoms with E-state index in [4.69, 9.17) is 15.0 Å². The molecule has 1 aromatic rings. The summed E-state index contributed by atoms with van der Waals surface area (Å²) in [6.45, 7) is 4.81. The molecule has 1 aromatic carbocycles. The van der Waals surface area contributed by atoms with Crippen molar-refractivity contribution in [2.75, 3.05) is 12.3 Å². The Bertz CT molecular complexity index is 355. The Kier molecular flexibility index (Phi) is 7.37. The SMILES string of the molecule is C[Si](C)(CCCO)O[SiH2]CCCc1ccc(N)cc1. The number of rotatable bonds is 9. The highest BCUT2D eigenvalue weighted by Gasteiger charge is 2.20. The Labute approximate surface area is 120 Å². The first-order valence-electron chi connectivity index (χ1n) is 7.13. The summed E-state index contributed by atoms with van der Waals surface area (Å²) >= 11 is 0. The van der Waals surface area contributed by atoms with Crippen LogP contribution in [0, 0.1) is 0 Å². The number of anilines is 1. The van der Waals surface area contributed by atoms with Gasteiger partial charge in [-0.2, -0.15) is 0 Å². The molecular formula is C14H27NO2Si2. The van der Waals surface area contributed by atoms with Crippen LogP contribution in [-0.2, 0) is 10.5 Å². The van der Waals surface area contributed by atoms with Crippen molar-refractivity contribution in [3.8, 4) is 0 Å². The van der Waals surface area contributed by atoms with Gasteiger partial charge in [0.15, 0.2) is 8.32 Å². The zero-order valence-electron chi connectivity index (χ0n) is 12.2. The van der Waals surface area contributed by atoms with Crippen LogP contribution in [0.1, 0.15) is 18.4 Å². The Balaban J connectivity index is 2.12. The van der Waals surface area contributed by atoms with Crippen LogP contribution in [0.2, 0.25) is 25.2 Å². The van der Waals surface area contributed by atoms with Crippen molar-refractivity contribution in [2.24, 2.45) is 0 Å². The van der Waals surface area contributed by atoms with E-state index in [0.29, 0.717) is 6.61 Å². The average molecular weight is 298 g/mol. The molecule has 19 heavy (non-hydrogen) atoms. The molecule has 0 spiro atoms. The lowest BCUT2D eigenvalue weighted by molar-refractivity contribution is 0.293. The van der Waals surface area contributed by atoms with Crippen molar-refractivity contribution in [2.45, 2.75) is 44.4 Å². The normalized spacial score (nSPS) is 12.4. The lowest BCUT2D eigenvalue weighted by atomic mass is 10.1. The quantitative estimate of drug-likeness (QED) is 0.418. The van der Waals surface area contributed by atoms with E-state index < -0.39 is 8.32 Å². The third kappa shape index (κ3) is 7.52. The largest absolute Gasteiger partial charge is 0.460 e. The molecule has 0 bridgehead atoms. The second kappa shape index (κ2) is 8.53. The Morgan fingerprint density at radius 1 is 1.21 bits per heavy atom. The maximum Gasteiger partial charge on any atom is 0.173 e. The van der Waals surface area contributed by atoms with Gasteiger partial charge in [-0.25, -0.2) is 0 Å². The number of benzene rings is 1. The van der Waals surface area contributed by atoms with E-state index in [1.165, 1.54) is 18.0 Å². The van der Waals surface area contributed by atoms with Crippen LogP contribution >= 0.6 is 0 Å². The molecule has 0 aliphatic rings. The van der Waals surface area contributed by atoms with Crippen molar-refractivity contribution in [1.82, 2.24) is 0 Å². The summed E-state index contributed by atoms with van der Waals surface area (Å²) < 4.78 is 6.14. The van der Waals surface area contributed by atoms with Gasteiger partial charge in [0.1, 0.15) is 9.76 Å². The van der Waals surface area contributed by atoms with Crippen molar-refractivity contribution in [3.63, 3.8) is 0 Å². The molecule has 0 aromatic heterocycles. The Morgan fingerprint density at radius 2 is 1.89 bits per heavy atom. The monoisotopic (exact) mass is 297 g/mol. The van der Waals surface area contributed by atoms with Gasteiger partial charge >= 0.3 is 0 Å². The molecule has 0 heterocycles. The number of aliphatic hydroxyl groups excluding tert-OH is 1. The highest BCUT2D eigenvalue weighted by atomic mass is 28.4. The van der Waals surface area contributed by atoms with E-state index in [2.05, 4.69) is 25.2 Å². The summed E-state index contributed by atoms with van der Waals surface area (Å²) in [5.74, 6) is 0. The number of nitrogen functional groups attached to an aromatic ring is 1. The molecule has 0 unspecified atom stereocenters. The summed E-state index contributed by atoms with van der Waals surface area (Å²) in [7, 11) is -1.86. The van der Waals surface area contributed by atoms with Gasteiger partial charge in [-0.1, -0.05) is 18.6 Å². The lowest BCUT2D eigenvalue weighted by Gasteiger charge is -2.22. The molecule has 0 saturated heterocycles.